The number of hydrogen-bond donors (Lipinski definition) is 0. The van der Waals surface area contributed by atoms with Crippen LogP contribution < -0.4 is 4.74 Å². The van der Waals surface area contributed by atoms with Crippen molar-refractivity contribution < 1.29 is 46.2 Å². The zero-order valence-electron chi connectivity index (χ0n) is 14.1. The first-order valence-electron chi connectivity index (χ1n) is 7.12. The highest BCUT2D eigenvalue weighted by Gasteiger charge is 2.65. The van der Waals surface area contributed by atoms with Crippen LogP contribution in [0, 0.1) is 5.92 Å². The maximum atomic E-state index is 14.9. The average molecular weight is 380 g/mol. The fourth-order valence-electron chi connectivity index (χ4n) is 2.25. The zero-order valence-corrected chi connectivity index (χ0v) is 14.1. The van der Waals surface area contributed by atoms with Crippen molar-refractivity contribution in [2.75, 3.05) is 21.3 Å². The molecule has 26 heavy (non-hydrogen) atoms. The van der Waals surface area contributed by atoms with E-state index in [1.807, 2.05) is 0 Å². The fourth-order valence-corrected chi connectivity index (χ4v) is 2.25. The van der Waals surface area contributed by atoms with Gasteiger partial charge in [0, 0.05) is 12.0 Å². The van der Waals surface area contributed by atoms with Gasteiger partial charge >= 0.3 is 23.8 Å². The molecule has 1 atom stereocenters. The van der Waals surface area contributed by atoms with E-state index in [-0.39, 0.29) is 11.3 Å². The predicted molar refractivity (Wildman–Crippen MR) is 79.4 cm³/mol. The molecule has 0 aliphatic carbocycles. The van der Waals surface area contributed by atoms with E-state index in [1.54, 1.807) is 0 Å². The van der Waals surface area contributed by atoms with Gasteiger partial charge in [0.2, 0.25) is 0 Å². The summed E-state index contributed by atoms with van der Waals surface area (Å²) in [7, 11) is 2.50. The predicted octanol–water partition coefficient (Wildman–Crippen LogP) is 2.50. The summed E-state index contributed by atoms with van der Waals surface area (Å²) in [6.07, 6.45) is -6.93. The summed E-state index contributed by atoms with van der Waals surface area (Å²) in [4.78, 5) is 35.4. The number of alkyl halides is 4. The fraction of sp³-hybridized carbons (Fsp3) is 0.438. The van der Waals surface area contributed by atoms with Crippen molar-refractivity contribution in [2.24, 2.45) is 5.92 Å². The quantitative estimate of drug-likeness (QED) is 0.313. The summed E-state index contributed by atoms with van der Waals surface area (Å²) in [5, 5.41) is 0. The van der Waals surface area contributed by atoms with Gasteiger partial charge in [-0.15, -0.1) is 0 Å². The van der Waals surface area contributed by atoms with Gasteiger partial charge in [-0.1, -0.05) is 12.1 Å². The summed E-state index contributed by atoms with van der Waals surface area (Å²) >= 11 is 0. The van der Waals surface area contributed by atoms with E-state index in [4.69, 9.17) is 4.74 Å². The number of ether oxygens (including phenoxy) is 3. The van der Waals surface area contributed by atoms with E-state index in [1.165, 1.54) is 25.3 Å². The molecule has 0 aliphatic heterocycles. The maximum absolute atomic E-state index is 14.9. The van der Waals surface area contributed by atoms with Gasteiger partial charge in [-0.25, -0.2) is 14.0 Å². The minimum atomic E-state index is -5.41. The zero-order chi connectivity index (χ0) is 20.1. The number of methoxy groups -OCH3 is 3. The largest absolute Gasteiger partial charge is 0.497 e. The standard InChI is InChI=1S/C16H16F4O6/c1-24-10-6-4-5-9(7-10)11(21)8-12(16(18,19)20)15(17,13(22)25-2)14(23)26-3/h4-7,12H,8H2,1-3H3/t12-/m0/s1. The summed E-state index contributed by atoms with van der Waals surface area (Å²) in [5.74, 6) is -8.48. The number of hydrogen-bond acceptors (Lipinski definition) is 6. The Morgan fingerprint density at radius 2 is 1.54 bits per heavy atom. The third kappa shape index (κ3) is 4.30. The monoisotopic (exact) mass is 380 g/mol. The molecule has 0 saturated carbocycles. The highest BCUT2D eigenvalue weighted by molar-refractivity contribution is 6.05. The van der Waals surface area contributed by atoms with Crippen molar-refractivity contribution in [3.63, 3.8) is 0 Å². The lowest BCUT2D eigenvalue weighted by Crippen LogP contribution is -2.55. The second-order valence-corrected chi connectivity index (χ2v) is 5.15. The Kier molecular flexibility index (Phi) is 6.71. The van der Waals surface area contributed by atoms with Crippen LogP contribution in [0.15, 0.2) is 24.3 Å². The number of Topliss-reactive ketones (excluding diaryl/α,β-unsaturated/α-hetero) is 1. The van der Waals surface area contributed by atoms with E-state index in [0.717, 1.165) is 6.07 Å². The van der Waals surface area contributed by atoms with Crippen LogP contribution in [0.3, 0.4) is 0 Å². The van der Waals surface area contributed by atoms with Gasteiger partial charge in [0.05, 0.1) is 21.3 Å². The molecule has 0 amide bonds. The minimum absolute atomic E-state index is 0.187. The Hall–Kier alpha value is -2.65. The molecule has 0 fully saturated rings. The van der Waals surface area contributed by atoms with Gasteiger partial charge in [-0.2, -0.15) is 13.2 Å². The Morgan fingerprint density at radius 3 is 1.96 bits per heavy atom. The Labute approximate surface area is 146 Å². The molecule has 1 aromatic rings. The second kappa shape index (κ2) is 8.15. The van der Waals surface area contributed by atoms with E-state index < -0.39 is 41.9 Å². The van der Waals surface area contributed by atoms with Crippen molar-refractivity contribution in [1.29, 1.82) is 0 Å². The van der Waals surface area contributed by atoms with Gasteiger partial charge < -0.3 is 14.2 Å². The highest BCUT2D eigenvalue weighted by Crippen LogP contribution is 2.41. The van der Waals surface area contributed by atoms with Crippen LogP contribution in [0.5, 0.6) is 5.75 Å². The molecule has 0 aromatic heterocycles. The normalized spacial score (nSPS) is 12.9. The van der Waals surface area contributed by atoms with Crippen LogP contribution in [0.1, 0.15) is 16.8 Å². The molecule has 0 bridgehead atoms. The Morgan fingerprint density at radius 1 is 1.00 bits per heavy atom. The van der Waals surface area contributed by atoms with Gasteiger partial charge in [-0.3, -0.25) is 4.79 Å². The molecule has 10 heteroatoms. The first-order chi connectivity index (χ1) is 12.0. The Balaban J connectivity index is 3.34. The van der Waals surface area contributed by atoms with E-state index in [9.17, 15) is 31.9 Å². The summed E-state index contributed by atoms with van der Waals surface area (Å²) in [6.45, 7) is 0. The number of carbonyl (C=O) groups excluding carboxylic acids is 3. The van der Waals surface area contributed by atoms with Crippen LogP contribution in [0.2, 0.25) is 0 Å². The molecule has 1 rings (SSSR count). The molecule has 0 aliphatic rings. The molecule has 0 heterocycles. The molecule has 1 aromatic carbocycles. The van der Waals surface area contributed by atoms with Crippen LogP contribution in [0.25, 0.3) is 0 Å². The highest BCUT2D eigenvalue weighted by atomic mass is 19.4. The molecule has 0 N–H and O–H groups in total. The Bertz CT molecular complexity index is 670. The van der Waals surface area contributed by atoms with Crippen molar-refractivity contribution >= 4 is 17.7 Å². The molecule has 0 unspecified atom stereocenters. The minimum Gasteiger partial charge on any atom is -0.497 e. The average Bonchev–Trinajstić information content (AvgIpc) is 2.62. The summed E-state index contributed by atoms with van der Waals surface area (Å²) < 4.78 is 68.0. The lowest BCUT2D eigenvalue weighted by Gasteiger charge is -2.30. The van der Waals surface area contributed by atoms with Crippen LogP contribution in [-0.2, 0) is 19.1 Å². The summed E-state index contributed by atoms with van der Waals surface area (Å²) in [6, 6.07) is 5.12. The van der Waals surface area contributed by atoms with Crippen molar-refractivity contribution in [3.05, 3.63) is 29.8 Å². The van der Waals surface area contributed by atoms with Gasteiger partial charge in [0.15, 0.2) is 5.78 Å². The van der Waals surface area contributed by atoms with Crippen LogP contribution in [0.4, 0.5) is 17.6 Å². The number of ketones is 1. The van der Waals surface area contributed by atoms with Gasteiger partial charge in [0.25, 0.3) is 0 Å². The number of rotatable bonds is 7. The third-order valence-corrected chi connectivity index (χ3v) is 3.62. The maximum Gasteiger partial charge on any atom is 0.396 e. The van der Waals surface area contributed by atoms with E-state index in [2.05, 4.69) is 9.47 Å². The van der Waals surface area contributed by atoms with Crippen molar-refractivity contribution in [1.82, 2.24) is 0 Å². The topological polar surface area (TPSA) is 78.9 Å². The first-order valence-corrected chi connectivity index (χ1v) is 7.12. The molecule has 6 nitrogen and oxygen atoms in total. The number of benzene rings is 1. The lowest BCUT2D eigenvalue weighted by molar-refractivity contribution is -0.224. The van der Waals surface area contributed by atoms with Gasteiger partial charge in [-0.05, 0) is 12.1 Å². The number of esters is 2. The van der Waals surface area contributed by atoms with Gasteiger partial charge in [0.1, 0.15) is 11.7 Å². The first kappa shape index (κ1) is 21.4. The third-order valence-electron chi connectivity index (χ3n) is 3.62. The van der Waals surface area contributed by atoms with Crippen molar-refractivity contribution in [3.8, 4) is 5.75 Å². The van der Waals surface area contributed by atoms with Crippen LogP contribution in [-0.4, -0.2) is 50.9 Å². The molecular weight excluding hydrogens is 364 g/mol. The second-order valence-electron chi connectivity index (χ2n) is 5.15. The number of halogens is 4. The SMILES string of the molecule is COC(=O)C(F)(C(=O)OC)[C@H](CC(=O)c1cccc(OC)c1)C(F)(F)F. The molecular formula is C16H16F4O6. The lowest BCUT2D eigenvalue weighted by atomic mass is 9.83. The van der Waals surface area contributed by atoms with E-state index in [0.29, 0.717) is 14.2 Å². The molecule has 0 spiro atoms. The van der Waals surface area contributed by atoms with Crippen molar-refractivity contribution in [2.45, 2.75) is 18.3 Å². The van der Waals surface area contributed by atoms with E-state index >= 15 is 0 Å². The molecule has 0 radical (unpaired) electrons. The molecule has 0 saturated heterocycles. The summed E-state index contributed by atoms with van der Waals surface area (Å²) in [5.41, 5.74) is -4.44. The smallest absolute Gasteiger partial charge is 0.396 e. The van der Waals surface area contributed by atoms with Crippen LogP contribution >= 0.6 is 0 Å². The molecule has 144 valence electrons. The number of carbonyl (C=O) groups is 3.